The van der Waals surface area contributed by atoms with Gasteiger partial charge >= 0.3 is 0 Å². The minimum Gasteiger partial charge on any atom is -0.396 e. The zero-order valence-electron chi connectivity index (χ0n) is 8.93. The summed E-state index contributed by atoms with van der Waals surface area (Å²) in [5.74, 6) is 0.417. The molecule has 0 amide bonds. The normalized spacial score (nSPS) is 30.5. The van der Waals surface area contributed by atoms with Crippen LogP contribution in [0.1, 0.15) is 27.2 Å². The Bertz CT molecular complexity index is 153. The van der Waals surface area contributed by atoms with Crippen LogP contribution in [-0.2, 0) is 0 Å². The number of piperidine rings is 1. The molecule has 0 aromatic carbocycles. The van der Waals surface area contributed by atoms with Crippen LogP contribution in [0.25, 0.3) is 0 Å². The van der Waals surface area contributed by atoms with Gasteiger partial charge in [0.15, 0.2) is 0 Å². The summed E-state index contributed by atoms with van der Waals surface area (Å²) in [6, 6.07) is 0.416. The molecule has 13 heavy (non-hydrogen) atoms. The van der Waals surface area contributed by atoms with Crippen LogP contribution in [0, 0.1) is 5.92 Å². The second kappa shape index (κ2) is 4.40. The van der Waals surface area contributed by atoms with Gasteiger partial charge in [0.1, 0.15) is 0 Å². The van der Waals surface area contributed by atoms with Crippen molar-refractivity contribution in [2.45, 2.75) is 38.8 Å². The first-order chi connectivity index (χ1) is 6.03. The molecule has 1 fully saturated rings. The first-order valence-corrected chi connectivity index (χ1v) is 5.12. The zero-order chi connectivity index (χ0) is 9.90. The van der Waals surface area contributed by atoms with E-state index in [1.54, 1.807) is 0 Å². The predicted octanol–water partition coefficient (Wildman–Crippen LogP) is 0.345. The van der Waals surface area contributed by atoms with Crippen LogP contribution in [0.5, 0.6) is 0 Å². The molecule has 0 bridgehead atoms. The van der Waals surface area contributed by atoms with Crippen LogP contribution in [0.4, 0.5) is 0 Å². The van der Waals surface area contributed by atoms with Crippen LogP contribution < -0.4 is 10.6 Å². The molecule has 1 saturated heterocycles. The largest absolute Gasteiger partial charge is 0.396 e. The molecule has 2 unspecified atom stereocenters. The van der Waals surface area contributed by atoms with Crippen LogP contribution >= 0.6 is 0 Å². The number of aliphatic hydroxyl groups excluding tert-OH is 1. The molecule has 78 valence electrons. The van der Waals surface area contributed by atoms with E-state index in [2.05, 4.69) is 31.4 Å². The standard InChI is InChI=1S/C10H22N2O/c1-10(2,3)12-9-6-11-5-4-8(9)7-13/h8-9,11-13H,4-7H2,1-3H3. The molecule has 0 aromatic heterocycles. The minimum absolute atomic E-state index is 0.136. The Labute approximate surface area is 80.9 Å². The smallest absolute Gasteiger partial charge is 0.0475 e. The van der Waals surface area contributed by atoms with Crippen LogP contribution in [0.15, 0.2) is 0 Å². The van der Waals surface area contributed by atoms with Gasteiger partial charge in [-0.1, -0.05) is 0 Å². The molecular weight excluding hydrogens is 164 g/mol. The first kappa shape index (κ1) is 11.0. The van der Waals surface area contributed by atoms with Crippen molar-refractivity contribution in [2.75, 3.05) is 19.7 Å². The van der Waals surface area contributed by atoms with E-state index >= 15 is 0 Å². The highest BCUT2D eigenvalue weighted by Gasteiger charge is 2.27. The fourth-order valence-electron chi connectivity index (χ4n) is 1.86. The predicted molar refractivity (Wildman–Crippen MR) is 54.7 cm³/mol. The van der Waals surface area contributed by atoms with E-state index in [0.717, 1.165) is 19.5 Å². The van der Waals surface area contributed by atoms with Crippen molar-refractivity contribution < 1.29 is 5.11 Å². The molecule has 0 aromatic rings. The van der Waals surface area contributed by atoms with E-state index in [-0.39, 0.29) is 5.54 Å². The van der Waals surface area contributed by atoms with E-state index in [9.17, 15) is 5.11 Å². The Balaban J connectivity index is 2.45. The quantitative estimate of drug-likeness (QED) is 0.583. The molecule has 3 nitrogen and oxygen atoms in total. The maximum Gasteiger partial charge on any atom is 0.0475 e. The maximum absolute atomic E-state index is 9.19. The second-order valence-electron chi connectivity index (χ2n) is 4.94. The van der Waals surface area contributed by atoms with Crippen molar-refractivity contribution in [3.63, 3.8) is 0 Å². The molecule has 0 aliphatic carbocycles. The maximum atomic E-state index is 9.19. The lowest BCUT2D eigenvalue weighted by molar-refractivity contribution is 0.145. The van der Waals surface area contributed by atoms with Gasteiger partial charge in [0.25, 0.3) is 0 Å². The number of aliphatic hydroxyl groups is 1. The van der Waals surface area contributed by atoms with Gasteiger partial charge in [-0.15, -0.1) is 0 Å². The van der Waals surface area contributed by atoms with Crippen molar-refractivity contribution in [1.29, 1.82) is 0 Å². The van der Waals surface area contributed by atoms with Crippen molar-refractivity contribution >= 4 is 0 Å². The topological polar surface area (TPSA) is 44.3 Å². The van der Waals surface area contributed by atoms with Crippen molar-refractivity contribution in [1.82, 2.24) is 10.6 Å². The summed E-state index contributed by atoms with van der Waals surface area (Å²) >= 11 is 0. The Morgan fingerprint density at radius 2 is 2.15 bits per heavy atom. The van der Waals surface area contributed by atoms with Gasteiger partial charge in [-0.25, -0.2) is 0 Å². The Hall–Kier alpha value is -0.120. The molecular formula is C10H22N2O. The molecule has 3 heteroatoms. The summed E-state index contributed by atoms with van der Waals surface area (Å²) in [6.07, 6.45) is 1.07. The SMILES string of the molecule is CC(C)(C)NC1CNCCC1CO. The number of rotatable bonds is 2. The number of hydrogen-bond acceptors (Lipinski definition) is 3. The second-order valence-corrected chi connectivity index (χ2v) is 4.94. The monoisotopic (exact) mass is 186 g/mol. The van der Waals surface area contributed by atoms with Gasteiger partial charge in [0, 0.05) is 24.7 Å². The molecule has 0 spiro atoms. The Kier molecular flexibility index (Phi) is 3.71. The first-order valence-electron chi connectivity index (χ1n) is 5.12. The van der Waals surface area contributed by atoms with Crippen molar-refractivity contribution in [2.24, 2.45) is 5.92 Å². The number of hydrogen-bond donors (Lipinski definition) is 3. The fraction of sp³-hybridized carbons (Fsp3) is 1.00. The zero-order valence-corrected chi connectivity index (χ0v) is 8.93. The third-order valence-corrected chi connectivity index (χ3v) is 2.48. The van der Waals surface area contributed by atoms with Gasteiger partial charge in [-0.3, -0.25) is 0 Å². The third-order valence-electron chi connectivity index (χ3n) is 2.48. The summed E-state index contributed by atoms with van der Waals surface area (Å²) in [7, 11) is 0. The van der Waals surface area contributed by atoms with E-state index in [0.29, 0.717) is 18.6 Å². The average molecular weight is 186 g/mol. The van der Waals surface area contributed by atoms with Crippen molar-refractivity contribution in [3.8, 4) is 0 Å². The highest BCUT2D eigenvalue weighted by molar-refractivity contribution is 4.87. The lowest BCUT2D eigenvalue weighted by Crippen LogP contribution is -2.55. The molecule has 3 N–H and O–H groups in total. The summed E-state index contributed by atoms with van der Waals surface area (Å²) in [5, 5.41) is 16.1. The molecule has 0 radical (unpaired) electrons. The summed E-state index contributed by atoms with van der Waals surface area (Å²) in [6.45, 7) is 8.80. The van der Waals surface area contributed by atoms with Gasteiger partial charge in [0.2, 0.25) is 0 Å². The molecule has 1 heterocycles. The Morgan fingerprint density at radius 3 is 2.69 bits per heavy atom. The van der Waals surface area contributed by atoms with Crippen molar-refractivity contribution in [3.05, 3.63) is 0 Å². The van der Waals surface area contributed by atoms with E-state index in [1.807, 2.05) is 0 Å². The average Bonchev–Trinajstić information content (AvgIpc) is 2.02. The van der Waals surface area contributed by atoms with Gasteiger partial charge in [-0.2, -0.15) is 0 Å². The number of nitrogens with one attached hydrogen (secondary N) is 2. The van der Waals surface area contributed by atoms with Gasteiger partial charge in [-0.05, 0) is 39.7 Å². The van der Waals surface area contributed by atoms with Gasteiger partial charge in [0.05, 0.1) is 0 Å². The lowest BCUT2D eigenvalue weighted by Gasteiger charge is -2.36. The highest BCUT2D eigenvalue weighted by atomic mass is 16.3. The lowest BCUT2D eigenvalue weighted by atomic mass is 9.91. The Morgan fingerprint density at radius 1 is 1.46 bits per heavy atom. The fourth-order valence-corrected chi connectivity index (χ4v) is 1.86. The molecule has 1 rings (SSSR count). The highest BCUT2D eigenvalue weighted by Crippen LogP contribution is 2.14. The van der Waals surface area contributed by atoms with E-state index in [4.69, 9.17) is 0 Å². The van der Waals surface area contributed by atoms with E-state index in [1.165, 1.54) is 0 Å². The molecule has 2 atom stereocenters. The third kappa shape index (κ3) is 3.63. The summed E-state index contributed by atoms with van der Waals surface area (Å²) < 4.78 is 0. The molecule has 0 saturated carbocycles. The van der Waals surface area contributed by atoms with E-state index < -0.39 is 0 Å². The summed E-state index contributed by atoms with van der Waals surface area (Å²) in [4.78, 5) is 0. The summed E-state index contributed by atoms with van der Waals surface area (Å²) in [5.41, 5.74) is 0.136. The minimum atomic E-state index is 0.136. The van der Waals surface area contributed by atoms with Crippen LogP contribution in [-0.4, -0.2) is 36.4 Å². The molecule has 1 aliphatic heterocycles. The van der Waals surface area contributed by atoms with Crippen LogP contribution in [0.2, 0.25) is 0 Å². The van der Waals surface area contributed by atoms with Gasteiger partial charge < -0.3 is 15.7 Å². The van der Waals surface area contributed by atoms with Crippen LogP contribution in [0.3, 0.4) is 0 Å². The molecule has 1 aliphatic rings.